The Bertz CT molecular complexity index is 1670. The second-order valence-electron chi connectivity index (χ2n) is 8.48. The van der Waals surface area contributed by atoms with E-state index in [0.29, 0.717) is 29.4 Å². The van der Waals surface area contributed by atoms with Crippen LogP contribution < -0.4 is 4.90 Å². The third kappa shape index (κ3) is 4.13. The topological polar surface area (TPSA) is 80.5 Å². The molecule has 0 unspecified atom stereocenters. The van der Waals surface area contributed by atoms with Crippen molar-refractivity contribution in [3.8, 4) is 0 Å². The fraction of sp³-hybridized carbons (Fsp3) is 0.192. The van der Waals surface area contributed by atoms with Crippen molar-refractivity contribution in [2.24, 2.45) is 0 Å². The van der Waals surface area contributed by atoms with Gasteiger partial charge in [-0.05, 0) is 67.8 Å². The van der Waals surface area contributed by atoms with Crippen LogP contribution in [0.4, 0.5) is 5.82 Å². The van der Waals surface area contributed by atoms with Gasteiger partial charge in [0, 0.05) is 23.5 Å². The maximum absolute atomic E-state index is 13.6. The zero-order valence-electron chi connectivity index (χ0n) is 19.6. The summed E-state index contributed by atoms with van der Waals surface area (Å²) in [6, 6.07) is 20.5. The lowest BCUT2D eigenvalue weighted by atomic mass is 10.1. The fourth-order valence-corrected chi connectivity index (χ4v) is 5.59. The zero-order valence-corrected chi connectivity index (χ0v) is 21.2. The van der Waals surface area contributed by atoms with Crippen LogP contribution in [0.2, 0.25) is 5.02 Å². The number of anilines is 1. The molecule has 0 bridgehead atoms. The highest BCUT2D eigenvalue weighted by Gasteiger charge is 2.28. The van der Waals surface area contributed by atoms with E-state index in [1.54, 1.807) is 24.3 Å². The number of hydrogen-bond acceptors (Lipinski definition) is 6. The van der Waals surface area contributed by atoms with E-state index in [9.17, 15) is 8.42 Å². The molecule has 3 aromatic carbocycles. The number of aryl methyl sites for hydroxylation is 2. The van der Waals surface area contributed by atoms with E-state index in [2.05, 4.69) is 15.2 Å². The monoisotopic (exact) mass is 505 g/mol. The van der Waals surface area contributed by atoms with E-state index < -0.39 is 9.84 Å². The van der Waals surface area contributed by atoms with Crippen LogP contribution in [0.1, 0.15) is 23.6 Å². The lowest BCUT2D eigenvalue weighted by Crippen LogP contribution is -2.24. The lowest BCUT2D eigenvalue weighted by molar-refractivity contribution is 0.592. The van der Waals surface area contributed by atoms with Crippen molar-refractivity contribution in [1.29, 1.82) is 0 Å². The van der Waals surface area contributed by atoms with Gasteiger partial charge in [-0.25, -0.2) is 13.4 Å². The predicted molar refractivity (Wildman–Crippen MR) is 138 cm³/mol. The summed E-state index contributed by atoms with van der Waals surface area (Å²) in [6.07, 6.45) is 0. The van der Waals surface area contributed by atoms with Gasteiger partial charge in [0.05, 0.1) is 10.4 Å². The van der Waals surface area contributed by atoms with Crippen LogP contribution in [0.5, 0.6) is 0 Å². The van der Waals surface area contributed by atoms with Gasteiger partial charge in [-0.15, -0.1) is 5.10 Å². The molecular weight excluding hydrogens is 482 g/mol. The van der Waals surface area contributed by atoms with Crippen molar-refractivity contribution in [3.05, 3.63) is 88.4 Å². The average Bonchev–Trinajstić information content (AvgIpc) is 3.29. The molecule has 5 rings (SSSR count). The van der Waals surface area contributed by atoms with E-state index in [1.807, 2.05) is 63.2 Å². The smallest absolute Gasteiger partial charge is 0.229 e. The number of hydrogen-bond donors (Lipinski definition) is 0. The molecule has 0 amide bonds. The summed E-state index contributed by atoms with van der Waals surface area (Å²) in [5.74, 6) is 0.625. The van der Waals surface area contributed by atoms with Crippen LogP contribution in [-0.4, -0.2) is 34.8 Å². The SMILES string of the molecule is CCN(Cc1ccccc1)c1nc2c(S(=O)(=O)c3ccc(C)c(C)c3)nnn2c2ccc(Cl)cc12. The molecule has 0 saturated carbocycles. The van der Waals surface area contributed by atoms with E-state index >= 15 is 0 Å². The maximum Gasteiger partial charge on any atom is 0.229 e. The first-order valence-electron chi connectivity index (χ1n) is 11.3. The van der Waals surface area contributed by atoms with Crippen molar-refractivity contribution in [2.45, 2.75) is 37.2 Å². The summed E-state index contributed by atoms with van der Waals surface area (Å²) in [6.45, 7) is 7.11. The highest BCUT2D eigenvalue weighted by atomic mass is 35.5. The number of sulfone groups is 1. The van der Waals surface area contributed by atoms with Crippen molar-refractivity contribution < 1.29 is 8.42 Å². The van der Waals surface area contributed by atoms with Gasteiger partial charge in [0.1, 0.15) is 5.82 Å². The largest absolute Gasteiger partial charge is 0.352 e. The lowest BCUT2D eigenvalue weighted by Gasteiger charge is -2.24. The molecule has 35 heavy (non-hydrogen) atoms. The first kappa shape index (κ1) is 23.3. The summed E-state index contributed by atoms with van der Waals surface area (Å²) < 4.78 is 28.7. The number of aromatic nitrogens is 4. The molecule has 0 saturated heterocycles. The average molecular weight is 506 g/mol. The van der Waals surface area contributed by atoms with Crippen LogP contribution >= 0.6 is 11.6 Å². The minimum atomic E-state index is -3.95. The van der Waals surface area contributed by atoms with Gasteiger partial charge in [0.2, 0.25) is 14.9 Å². The molecule has 0 aliphatic carbocycles. The molecule has 7 nitrogen and oxygen atoms in total. The molecule has 0 fully saturated rings. The molecule has 178 valence electrons. The Hall–Kier alpha value is -3.49. The van der Waals surface area contributed by atoms with Crippen molar-refractivity contribution in [1.82, 2.24) is 19.8 Å². The van der Waals surface area contributed by atoms with Gasteiger partial charge in [-0.3, -0.25) is 0 Å². The normalized spacial score (nSPS) is 11.9. The van der Waals surface area contributed by atoms with E-state index in [1.165, 1.54) is 4.52 Å². The number of fused-ring (bicyclic) bond motifs is 3. The van der Waals surface area contributed by atoms with Gasteiger partial charge in [-0.2, -0.15) is 4.52 Å². The highest BCUT2D eigenvalue weighted by molar-refractivity contribution is 7.91. The summed E-state index contributed by atoms with van der Waals surface area (Å²) in [5.41, 5.74) is 3.87. The highest BCUT2D eigenvalue weighted by Crippen LogP contribution is 2.32. The van der Waals surface area contributed by atoms with Crippen molar-refractivity contribution in [2.75, 3.05) is 11.4 Å². The third-order valence-electron chi connectivity index (χ3n) is 6.20. The molecule has 0 atom stereocenters. The molecule has 2 heterocycles. The van der Waals surface area contributed by atoms with Crippen molar-refractivity contribution in [3.63, 3.8) is 0 Å². The van der Waals surface area contributed by atoms with Gasteiger partial charge in [0.25, 0.3) is 0 Å². The Morgan fingerprint density at radius 2 is 1.74 bits per heavy atom. The van der Waals surface area contributed by atoms with Gasteiger partial charge in [0.15, 0.2) is 5.65 Å². The molecule has 0 spiro atoms. The third-order valence-corrected chi connectivity index (χ3v) is 8.08. The van der Waals surface area contributed by atoms with Crippen LogP contribution in [0.25, 0.3) is 16.6 Å². The number of benzene rings is 3. The quantitative estimate of drug-likeness (QED) is 0.307. The molecule has 0 aliphatic heterocycles. The minimum absolute atomic E-state index is 0.166. The molecule has 0 N–H and O–H groups in total. The van der Waals surface area contributed by atoms with Gasteiger partial charge >= 0.3 is 0 Å². The van der Waals surface area contributed by atoms with E-state index in [-0.39, 0.29) is 15.6 Å². The van der Waals surface area contributed by atoms with Crippen LogP contribution in [-0.2, 0) is 16.4 Å². The molecular formula is C26H24ClN5O2S. The van der Waals surface area contributed by atoms with E-state index in [4.69, 9.17) is 16.6 Å². The van der Waals surface area contributed by atoms with Gasteiger partial charge < -0.3 is 4.90 Å². The number of halogens is 1. The Morgan fingerprint density at radius 3 is 2.46 bits per heavy atom. The summed E-state index contributed by atoms with van der Waals surface area (Å²) >= 11 is 6.35. The van der Waals surface area contributed by atoms with Crippen LogP contribution in [0.3, 0.4) is 0 Å². The molecule has 9 heteroatoms. The molecule has 2 aromatic heterocycles. The Balaban J connectivity index is 1.75. The molecule has 0 radical (unpaired) electrons. The minimum Gasteiger partial charge on any atom is -0.352 e. The molecule has 0 aliphatic rings. The van der Waals surface area contributed by atoms with E-state index in [0.717, 1.165) is 22.1 Å². The second kappa shape index (κ2) is 8.94. The Labute approximate surface area is 208 Å². The Morgan fingerprint density at radius 1 is 0.971 bits per heavy atom. The van der Waals surface area contributed by atoms with Crippen LogP contribution in [0, 0.1) is 13.8 Å². The predicted octanol–water partition coefficient (Wildman–Crippen LogP) is 5.41. The Kier molecular flexibility index (Phi) is 5.94. The van der Waals surface area contributed by atoms with Crippen LogP contribution in [0.15, 0.2) is 76.7 Å². The molecule has 5 aromatic rings. The second-order valence-corrected chi connectivity index (χ2v) is 10.8. The van der Waals surface area contributed by atoms with Crippen molar-refractivity contribution >= 4 is 43.8 Å². The fourth-order valence-electron chi connectivity index (χ4n) is 4.10. The zero-order chi connectivity index (χ0) is 24.7. The summed E-state index contributed by atoms with van der Waals surface area (Å²) in [7, 11) is -3.95. The number of rotatable bonds is 6. The summed E-state index contributed by atoms with van der Waals surface area (Å²) in [4.78, 5) is 7.09. The summed E-state index contributed by atoms with van der Waals surface area (Å²) in [5, 5.41) is 9.42. The standard InChI is InChI=1S/C26H24ClN5O2S/c1-4-31(16-19-8-6-5-7-9-19)24-22-15-20(27)11-13-23(22)32-25(28-24)26(29-30-32)35(33,34)21-12-10-17(2)18(3)14-21/h5-15H,4,16H2,1-3H3. The number of nitrogens with zero attached hydrogens (tertiary/aromatic N) is 5. The maximum atomic E-state index is 13.6. The van der Waals surface area contributed by atoms with Gasteiger partial charge in [-0.1, -0.05) is 53.2 Å². The first-order chi connectivity index (χ1) is 16.8. The first-order valence-corrected chi connectivity index (χ1v) is 13.1.